The molecule has 0 fully saturated rings. The van der Waals surface area contributed by atoms with E-state index < -0.39 is 5.82 Å². The zero-order chi connectivity index (χ0) is 10.1. The highest BCUT2D eigenvalue weighted by Gasteiger charge is 2.24. The van der Waals surface area contributed by atoms with Gasteiger partial charge in [-0.2, -0.15) is 5.26 Å². The molecule has 0 saturated carbocycles. The predicted octanol–water partition coefficient (Wildman–Crippen LogP) is 1.90. The number of nitrogens with zero attached hydrogens (tertiary/aromatic N) is 1. The van der Waals surface area contributed by atoms with Crippen LogP contribution in [-0.4, -0.2) is 6.61 Å². The first-order valence-electron chi connectivity index (χ1n) is 4.35. The summed E-state index contributed by atoms with van der Waals surface area (Å²) in [5.74, 6) is -0.308. The van der Waals surface area contributed by atoms with Crippen LogP contribution in [0, 0.1) is 17.1 Å². The van der Waals surface area contributed by atoms with Gasteiger partial charge in [-0.25, -0.2) is 4.39 Å². The van der Waals surface area contributed by atoms with E-state index in [9.17, 15) is 4.39 Å². The maximum atomic E-state index is 13.3. The predicted molar refractivity (Wildman–Crippen MR) is 55.4 cm³/mol. The van der Waals surface area contributed by atoms with E-state index in [0.717, 1.165) is 0 Å². The second-order valence-electron chi connectivity index (χ2n) is 3.19. The van der Waals surface area contributed by atoms with Crippen molar-refractivity contribution in [2.24, 2.45) is 5.73 Å². The monoisotopic (exact) mass is 228 g/mol. The molecule has 2 rings (SSSR count). The van der Waals surface area contributed by atoms with Gasteiger partial charge in [-0.3, -0.25) is 0 Å². The molecule has 1 atom stereocenters. The van der Waals surface area contributed by atoms with Gasteiger partial charge < -0.3 is 10.5 Å². The lowest BCUT2D eigenvalue weighted by molar-refractivity contribution is 0.255. The van der Waals surface area contributed by atoms with Crippen molar-refractivity contribution in [3.05, 3.63) is 29.1 Å². The third kappa shape index (κ3) is 1.89. The molecule has 1 aliphatic rings. The number of fused-ring (bicyclic) bond motifs is 1. The lowest BCUT2D eigenvalue weighted by Crippen LogP contribution is -2.22. The van der Waals surface area contributed by atoms with E-state index in [-0.39, 0.29) is 24.2 Å². The van der Waals surface area contributed by atoms with Crippen LogP contribution in [0.15, 0.2) is 12.1 Å². The van der Waals surface area contributed by atoms with Crippen molar-refractivity contribution in [3.8, 4) is 11.8 Å². The maximum Gasteiger partial charge on any atom is 0.165 e. The van der Waals surface area contributed by atoms with Gasteiger partial charge in [0.15, 0.2) is 11.6 Å². The van der Waals surface area contributed by atoms with Crippen LogP contribution in [0.25, 0.3) is 0 Å². The molecule has 0 amide bonds. The summed E-state index contributed by atoms with van der Waals surface area (Å²) < 4.78 is 18.4. The van der Waals surface area contributed by atoms with Gasteiger partial charge in [0, 0.05) is 18.0 Å². The Kier molecular flexibility index (Phi) is 3.51. The van der Waals surface area contributed by atoms with Gasteiger partial charge in [0.1, 0.15) is 0 Å². The van der Waals surface area contributed by atoms with E-state index in [2.05, 4.69) is 0 Å². The van der Waals surface area contributed by atoms with Gasteiger partial charge in [0.05, 0.1) is 18.2 Å². The Morgan fingerprint density at radius 1 is 1.53 bits per heavy atom. The number of hydrogen-bond donors (Lipinski definition) is 1. The Balaban J connectivity index is 0.00000112. The van der Waals surface area contributed by atoms with Crippen molar-refractivity contribution in [1.29, 1.82) is 5.26 Å². The van der Waals surface area contributed by atoms with Crippen LogP contribution in [0.2, 0.25) is 0 Å². The van der Waals surface area contributed by atoms with Crippen LogP contribution < -0.4 is 10.5 Å². The maximum absolute atomic E-state index is 13.3. The number of benzene rings is 1. The van der Waals surface area contributed by atoms with Crippen molar-refractivity contribution in [1.82, 2.24) is 0 Å². The minimum atomic E-state index is -0.450. The molecule has 0 spiro atoms. The van der Waals surface area contributed by atoms with Crippen molar-refractivity contribution < 1.29 is 9.13 Å². The molecule has 1 heterocycles. The second kappa shape index (κ2) is 4.47. The lowest BCUT2D eigenvalue weighted by Gasteiger charge is -2.23. The van der Waals surface area contributed by atoms with Crippen molar-refractivity contribution in [3.63, 3.8) is 0 Å². The highest BCUT2D eigenvalue weighted by molar-refractivity contribution is 5.85. The minimum Gasteiger partial charge on any atom is -0.490 e. The molecular weight excluding hydrogens is 219 g/mol. The highest BCUT2D eigenvalue weighted by Crippen LogP contribution is 2.35. The van der Waals surface area contributed by atoms with Crippen LogP contribution in [0.1, 0.15) is 23.6 Å². The normalized spacial score (nSPS) is 18.1. The third-order valence-corrected chi connectivity index (χ3v) is 2.31. The lowest BCUT2D eigenvalue weighted by atomic mass is 9.96. The van der Waals surface area contributed by atoms with Crippen LogP contribution in [-0.2, 0) is 0 Å². The fourth-order valence-electron chi connectivity index (χ4n) is 1.62. The van der Waals surface area contributed by atoms with Crippen LogP contribution in [0.3, 0.4) is 0 Å². The molecule has 5 heteroatoms. The molecular formula is C10H10ClFN2O. The molecule has 0 unspecified atom stereocenters. The summed E-state index contributed by atoms with van der Waals surface area (Å²) in [5.41, 5.74) is 6.69. The van der Waals surface area contributed by atoms with E-state index in [4.69, 9.17) is 15.7 Å². The van der Waals surface area contributed by atoms with E-state index in [1.54, 1.807) is 0 Å². The van der Waals surface area contributed by atoms with E-state index >= 15 is 0 Å². The number of ether oxygens (including phenoxy) is 1. The summed E-state index contributed by atoms with van der Waals surface area (Å²) in [6, 6.07) is 4.35. The summed E-state index contributed by atoms with van der Waals surface area (Å²) in [5, 5.41) is 8.82. The fraction of sp³-hybridized carbons (Fsp3) is 0.300. The van der Waals surface area contributed by atoms with Gasteiger partial charge in [0.2, 0.25) is 0 Å². The van der Waals surface area contributed by atoms with E-state index in [1.165, 1.54) is 12.1 Å². The molecule has 3 nitrogen and oxygen atoms in total. The standard InChI is InChI=1S/C10H9FN2O.ClH/c11-7-2-1-6(5-12)9-8(13)3-4-14-10(7)9;/h1-2,8H,3-4,13H2;1H/t8-;/m1./s1. The Morgan fingerprint density at radius 3 is 2.93 bits per heavy atom. The highest BCUT2D eigenvalue weighted by atomic mass is 35.5. The third-order valence-electron chi connectivity index (χ3n) is 2.31. The van der Waals surface area contributed by atoms with Crippen LogP contribution >= 0.6 is 12.4 Å². The van der Waals surface area contributed by atoms with Gasteiger partial charge >= 0.3 is 0 Å². The number of halogens is 2. The van der Waals surface area contributed by atoms with Gasteiger partial charge in [-0.1, -0.05) is 0 Å². The molecule has 1 aromatic rings. The van der Waals surface area contributed by atoms with Crippen molar-refractivity contribution >= 4 is 12.4 Å². The summed E-state index contributed by atoms with van der Waals surface area (Å²) in [7, 11) is 0. The average Bonchev–Trinajstić information content (AvgIpc) is 2.20. The zero-order valence-electron chi connectivity index (χ0n) is 7.87. The Bertz CT molecular complexity index is 417. The zero-order valence-corrected chi connectivity index (χ0v) is 8.68. The Labute approximate surface area is 93.0 Å². The quantitative estimate of drug-likeness (QED) is 0.738. The number of nitriles is 1. The molecule has 0 aliphatic carbocycles. The van der Waals surface area contributed by atoms with Crippen LogP contribution in [0.5, 0.6) is 5.75 Å². The Hall–Kier alpha value is -1.31. The number of rotatable bonds is 0. The first-order valence-corrected chi connectivity index (χ1v) is 4.35. The summed E-state index contributed by atoms with van der Waals surface area (Å²) >= 11 is 0. The van der Waals surface area contributed by atoms with Crippen molar-refractivity contribution in [2.75, 3.05) is 6.61 Å². The second-order valence-corrected chi connectivity index (χ2v) is 3.19. The number of hydrogen-bond acceptors (Lipinski definition) is 3. The van der Waals surface area contributed by atoms with E-state index in [1.807, 2.05) is 6.07 Å². The largest absolute Gasteiger partial charge is 0.490 e. The molecule has 1 aromatic carbocycles. The molecule has 2 N–H and O–H groups in total. The van der Waals surface area contributed by atoms with Crippen molar-refractivity contribution in [2.45, 2.75) is 12.5 Å². The number of nitrogens with two attached hydrogens (primary N) is 1. The smallest absolute Gasteiger partial charge is 0.165 e. The summed E-state index contributed by atoms with van der Waals surface area (Å²) in [6.45, 7) is 0.403. The van der Waals surface area contributed by atoms with E-state index in [0.29, 0.717) is 24.2 Å². The molecule has 1 aliphatic heterocycles. The minimum absolute atomic E-state index is 0. The first-order chi connectivity index (χ1) is 6.74. The van der Waals surface area contributed by atoms with Gasteiger partial charge in [0.25, 0.3) is 0 Å². The summed E-state index contributed by atoms with van der Waals surface area (Å²) in [4.78, 5) is 0. The first kappa shape index (κ1) is 11.8. The Morgan fingerprint density at radius 2 is 2.27 bits per heavy atom. The molecule has 0 bridgehead atoms. The molecule has 80 valence electrons. The molecule has 0 radical (unpaired) electrons. The topological polar surface area (TPSA) is 59.0 Å². The fourth-order valence-corrected chi connectivity index (χ4v) is 1.62. The van der Waals surface area contributed by atoms with Crippen LogP contribution in [0.4, 0.5) is 4.39 Å². The molecule has 0 aromatic heterocycles. The molecule has 0 saturated heterocycles. The SMILES string of the molecule is Cl.N#Cc1ccc(F)c2c1[C@H](N)CCO2. The molecule has 15 heavy (non-hydrogen) atoms. The average molecular weight is 229 g/mol. The van der Waals surface area contributed by atoms with Gasteiger partial charge in [-0.15, -0.1) is 12.4 Å². The van der Waals surface area contributed by atoms with Gasteiger partial charge in [-0.05, 0) is 12.1 Å². The summed E-state index contributed by atoms with van der Waals surface area (Å²) in [6.07, 6.45) is 0.616.